The molecule has 54 heavy (non-hydrogen) atoms. The number of carboxylic acid groups (broad SMARTS) is 1. The quantitative estimate of drug-likeness (QED) is 0.212. The number of carbonyl (C=O) groups excluding carboxylic acids is 2. The number of hydrogen-bond donors (Lipinski definition) is 2. The van der Waals surface area contributed by atoms with Gasteiger partial charge in [0.2, 0.25) is 0 Å². The molecule has 290 valence electrons. The number of alkyl halides is 3. The summed E-state index contributed by atoms with van der Waals surface area (Å²) in [6, 6.07) is 12.2. The average molecular weight is 798 g/mol. The van der Waals surface area contributed by atoms with Crippen molar-refractivity contribution in [3.05, 3.63) is 75.0 Å². The van der Waals surface area contributed by atoms with Crippen LogP contribution in [0, 0.1) is 5.82 Å². The maximum absolute atomic E-state index is 15.9. The van der Waals surface area contributed by atoms with E-state index in [-0.39, 0.29) is 58.0 Å². The molecule has 3 fully saturated rings. The van der Waals surface area contributed by atoms with Crippen LogP contribution in [-0.4, -0.2) is 98.3 Å². The second-order valence-corrected chi connectivity index (χ2v) is 14.8. The first-order valence-electron chi connectivity index (χ1n) is 17.1. The topological polar surface area (TPSA) is 121 Å². The van der Waals surface area contributed by atoms with E-state index in [4.69, 9.17) is 47.3 Å². The van der Waals surface area contributed by atoms with Gasteiger partial charge in [-0.2, -0.15) is 13.2 Å². The van der Waals surface area contributed by atoms with Crippen LogP contribution in [0.3, 0.4) is 0 Å². The van der Waals surface area contributed by atoms with Crippen molar-refractivity contribution in [1.82, 2.24) is 10.2 Å². The molecule has 4 heterocycles. The second-order valence-electron chi connectivity index (χ2n) is 14.0. The van der Waals surface area contributed by atoms with E-state index in [1.54, 1.807) is 30.3 Å². The van der Waals surface area contributed by atoms with Crippen molar-refractivity contribution in [2.45, 2.75) is 57.0 Å². The highest BCUT2D eigenvalue weighted by Crippen LogP contribution is 2.44. The van der Waals surface area contributed by atoms with Crippen LogP contribution in [0.4, 0.5) is 28.9 Å². The van der Waals surface area contributed by atoms with E-state index in [1.807, 2.05) is 6.07 Å². The molecule has 0 spiro atoms. The van der Waals surface area contributed by atoms with Crippen molar-refractivity contribution in [3.8, 4) is 16.9 Å². The van der Waals surface area contributed by atoms with Crippen molar-refractivity contribution < 1.29 is 51.3 Å². The largest absolute Gasteiger partial charge is 0.490 e. The maximum atomic E-state index is 15.9. The Kier molecular flexibility index (Phi) is 11.3. The number of anilines is 2. The summed E-state index contributed by atoms with van der Waals surface area (Å²) in [5.74, 6) is -3.81. The number of aliphatic carboxylic acids is 1. The molecule has 3 saturated heterocycles. The van der Waals surface area contributed by atoms with E-state index in [2.05, 4.69) is 29.0 Å². The number of methoxy groups -OCH3 is 1. The number of ether oxygens (including phenoxy) is 3. The molecule has 17 heteroatoms. The molecule has 3 aromatic rings. The van der Waals surface area contributed by atoms with Crippen molar-refractivity contribution >= 4 is 52.4 Å². The highest BCUT2D eigenvalue weighted by Gasteiger charge is 2.40. The number of benzene rings is 3. The van der Waals surface area contributed by atoms with Crippen LogP contribution in [0.25, 0.3) is 11.1 Å². The fraction of sp³-hybridized carbons (Fsp3) is 0.432. The summed E-state index contributed by atoms with van der Waals surface area (Å²) in [7, 11) is 1.29. The Balaban J connectivity index is 0.000000649. The lowest BCUT2D eigenvalue weighted by Crippen LogP contribution is -2.58. The van der Waals surface area contributed by atoms with Gasteiger partial charge < -0.3 is 39.3 Å². The molecule has 2 N–H and O–H groups in total. The minimum atomic E-state index is -5.08. The van der Waals surface area contributed by atoms with E-state index in [0.29, 0.717) is 41.3 Å². The average Bonchev–Trinajstić information content (AvgIpc) is 3.36. The molecule has 4 aliphatic rings. The van der Waals surface area contributed by atoms with Gasteiger partial charge in [-0.15, -0.1) is 0 Å². The SMILES string of the molecule is COC(=O)c1cc(F)c(-c2cccc3c2OCN(C(=O)c2c(Cl)cc(N4CCNCC4(C)C)cc2Cl)C3)cc1N1C2CCC1COC2.O=C(O)C(F)(F)F. The Morgan fingerprint density at radius 2 is 1.67 bits per heavy atom. The highest BCUT2D eigenvalue weighted by molar-refractivity contribution is 6.40. The van der Waals surface area contributed by atoms with E-state index in [1.165, 1.54) is 18.1 Å². The van der Waals surface area contributed by atoms with Gasteiger partial charge in [-0.1, -0.05) is 41.4 Å². The van der Waals surface area contributed by atoms with Crippen LogP contribution in [-0.2, 0) is 20.8 Å². The van der Waals surface area contributed by atoms with E-state index < -0.39 is 23.9 Å². The predicted octanol–water partition coefficient (Wildman–Crippen LogP) is 6.77. The van der Waals surface area contributed by atoms with Crippen molar-refractivity contribution in [3.63, 3.8) is 0 Å². The Morgan fingerprint density at radius 1 is 1.02 bits per heavy atom. The fourth-order valence-corrected chi connectivity index (χ4v) is 8.07. The summed E-state index contributed by atoms with van der Waals surface area (Å²) in [5.41, 5.74) is 3.25. The van der Waals surface area contributed by atoms with Gasteiger partial charge in [-0.05, 0) is 51.0 Å². The summed E-state index contributed by atoms with van der Waals surface area (Å²) in [6.45, 7) is 7.93. The Morgan fingerprint density at radius 3 is 2.26 bits per heavy atom. The number of nitrogens with zero attached hydrogens (tertiary/aromatic N) is 3. The van der Waals surface area contributed by atoms with Crippen LogP contribution in [0.2, 0.25) is 10.0 Å². The predicted molar refractivity (Wildman–Crippen MR) is 193 cm³/mol. The number of halogens is 6. The number of hydrogen-bond acceptors (Lipinski definition) is 9. The summed E-state index contributed by atoms with van der Waals surface area (Å²) in [5, 5.41) is 11.1. The number of carbonyl (C=O) groups is 3. The normalized spacial score (nSPS) is 20.4. The molecule has 2 unspecified atom stereocenters. The Bertz CT molecular complexity index is 1920. The molecule has 1 amide bonds. The highest BCUT2D eigenvalue weighted by atomic mass is 35.5. The lowest BCUT2D eigenvalue weighted by molar-refractivity contribution is -0.192. The van der Waals surface area contributed by atoms with Crippen LogP contribution < -0.4 is 19.9 Å². The third-order valence-corrected chi connectivity index (χ3v) is 10.6. The van der Waals surface area contributed by atoms with Gasteiger partial charge in [0.1, 0.15) is 11.6 Å². The molecule has 2 bridgehead atoms. The summed E-state index contributed by atoms with van der Waals surface area (Å²) in [4.78, 5) is 41.5. The first-order chi connectivity index (χ1) is 25.5. The van der Waals surface area contributed by atoms with Gasteiger partial charge in [-0.3, -0.25) is 4.79 Å². The van der Waals surface area contributed by atoms with Gasteiger partial charge in [0.15, 0.2) is 6.73 Å². The molecule has 4 aliphatic heterocycles. The molecule has 2 atom stereocenters. The van der Waals surface area contributed by atoms with Crippen molar-refractivity contribution in [1.29, 1.82) is 0 Å². The standard InChI is InChI=1S/C35H37Cl2FN4O5.C2HF3O2/c1-35(2)18-39-9-10-41(35)23-11-27(36)31(28(37)12-23)33(43)40-15-20-5-4-6-24(32(20)47-19-40)25-14-30(26(13-29(25)38)34(44)45-3)42-21-7-8-22(42)17-46-16-21;3-2(4,5)1(6)7/h4-6,11-14,21-22,39H,7-10,15-19H2,1-3H3;(H,6,7). The van der Waals surface area contributed by atoms with Gasteiger partial charge in [-0.25, -0.2) is 14.0 Å². The number of amides is 1. The number of nitrogens with one attached hydrogen (secondary N) is 1. The number of esters is 1. The van der Waals surface area contributed by atoms with Crippen LogP contribution in [0.5, 0.6) is 5.75 Å². The zero-order valence-corrected chi connectivity index (χ0v) is 31.1. The van der Waals surface area contributed by atoms with Gasteiger partial charge in [0, 0.05) is 47.6 Å². The number of morpholine rings is 1. The molecule has 0 radical (unpaired) electrons. The number of piperazine rings is 1. The maximum Gasteiger partial charge on any atom is 0.490 e. The minimum Gasteiger partial charge on any atom is -0.475 e. The van der Waals surface area contributed by atoms with E-state index >= 15 is 4.39 Å². The monoisotopic (exact) mass is 796 g/mol. The third-order valence-electron chi connectivity index (χ3n) is 10.0. The molecule has 0 aliphatic carbocycles. The molecular weight excluding hydrogens is 759 g/mol. The Labute approximate surface area is 318 Å². The summed E-state index contributed by atoms with van der Waals surface area (Å²) < 4.78 is 64.6. The van der Waals surface area contributed by atoms with E-state index in [0.717, 1.165) is 38.2 Å². The molecule has 0 aromatic heterocycles. The number of rotatable bonds is 5. The summed E-state index contributed by atoms with van der Waals surface area (Å²) in [6.07, 6.45) is -3.23. The molecular formula is C37H38Cl2F4N4O7. The van der Waals surface area contributed by atoms with Crippen LogP contribution >= 0.6 is 23.2 Å². The minimum absolute atomic E-state index is 0.0790. The fourth-order valence-electron chi connectivity index (χ4n) is 7.43. The first-order valence-corrected chi connectivity index (χ1v) is 17.9. The smallest absolute Gasteiger partial charge is 0.475 e. The molecule has 3 aromatic carbocycles. The van der Waals surface area contributed by atoms with Crippen molar-refractivity contribution in [2.75, 3.05) is 56.5 Å². The second kappa shape index (κ2) is 15.4. The lowest BCUT2D eigenvalue weighted by atomic mass is 9.96. The third kappa shape index (κ3) is 7.77. The number of fused-ring (bicyclic) bond motifs is 3. The zero-order valence-electron chi connectivity index (χ0n) is 29.6. The Hall–Kier alpha value is -4.31. The first kappa shape index (κ1) is 39.4. The molecule has 11 nitrogen and oxygen atoms in total. The lowest BCUT2D eigenvalue weighted by Gasteiger charge is -2.44. The van der Waals surface area contributed by atoms with Gasteiger partial charge >= 0.3 is 18.1 Å². The summed E-state index contributed by atoms with van der Waals surface area (Å²) >= 11 is 13.5. The van der Waals surface area contributed by atoms with E-state index in [9.17, 15) is 22.8 Å². The number of carboxylic acids is 1. The molecule has 7 rings (SSSR count). The number of para-hydroxylation sites is 1. The van der Waals surface area contributed by atoms with Crippen LogP contribution in [0.15, 0.2) is 42.5 Å². The molecule has 0 saturated carbocycles. The van der Waals surface area contributed by atoms with Crippen LogP contribution in [0.1, 0.15) is 53.0 Å². The van der Waals surface area contributed by atoms with Gasteiger partial charge in [0.25, 0.3) is 5.91 Å². The zero-order chi connectivity index (χ0) is 39.1. The van der Waals surface area contributed by atoms with Gasteiger partial charge in [0.05, 0.1) is 65.8 Å². The van der Waals surface area contributed by atoms with Crippen molar-refractivity contribution in [2.24, 2.45) is 0 Å².